The van der Waals surface area contributed by atoms with Crippen molar-refractivity contribution in [2.24, 2.45) is 0 Å². The highest BCUT2D eigenvalue weighted by Crippen LogP contribution is 2.29. The third-order valence-corrected chi connectivity index (χ3v) is 4.40. The molecule has 0 bridgehead atoms. The molecular formula is C18H22FNS. The first kappa shape index (κ1) is 16.1. The number of benzene rings is 2. The molecular weight excluding hydrogens is 281 g/mol. The molecule has 0 heterocycles. The zero-order chi connectivity index (χ0) is 15.1. The lowest BCUT2D eigenvalue weighted by Gasteiger charge is -2.17. The molecule has 1 unspecified atom stereocenters. The Kier molecular flexibility index (Phi) is 6.27. The predicted octanol–water partition coefficient (Wildman–Crippen LogP) is 5.43. The molecule has 21 heavy (non-hydrogen) atoms. The minimum Gasteiger partial charge on any atom is -0.310 e. The van der Waals surface area contributed by atoms with Gasteiger partial charge in [0.05, 0.1) is 0 Å². The van der Waals surface area contributed by atoms with Crippen molar-refractivity contribution < 1.29 is 4.39 Å². The minimum absolute atomic E-state index is 0.192. The van der Waals surface area contributed by atoms with Crippen molar-refractivity contribution in [3.8, 4) is 0 Å². The Bertz CT molecular complexity index is 536. The first-order valence-electron chi connectivity index (χ1n) is 7.49. The fraction of sp³-hybridized carbons (Fsp3) is 0.333. The molecule has 0 aliphatic carbocycles. The molecule has 0 saturated carbocycles. The van der Waals surface area contributed by atoms with Gasteiger partial charge >= 0.3 is 0 Å². The van der Waals surface area contributed by atoms with Gasteiger partial charge in [0.1, 0.15) is 5.82 Å². The maximum Gasteiger partial charge on any atom is 0.123 e. The molecule has 0 saturated heterocycles. The van der Waals surface area contributed by atoms with Crippen molar-refractivity contribution in [1.29, 1.82) is 0 Å². The molecule has 2 aromatic rings. The van der Waals surface area contributed by atoms with E-state index in [1.54, 1.807) is 11.8 Å². The summed E-state index contributed by atoms with van der Waals surface area (Å²) in [6.07, 6.45) is 2.24. The van der Waals surface area contributed by atoms with Crippen LogP contribution in [-0.4, -0.2) is 6.54 Å². The Labute approximate surface area is 131 Å². The Hall–Kier alpha value is -1.32. The Balaban J connectivity index is 2.02. The highest BCUT2D eigenvalue weighted by molar-refractivity contribution is 7.99. The van der Waals surface area contributed by atoms with Gasteiger partial charge in [0.15, 0.2) is 0 Å². The average molecular weight is 303 g/mol. The van der Waals surface area contributed by atoms with Gasteiger partial charge in [0.25, 0.3) is 0 Å². The normalized spacial score (nSPS) is 12.3. The third-order valence-electron chi connectivity index (χ3n) is 3.38. The molecule has 2 rings (SSSR count). The van der Waals surface area contributed by atoms with Gasteiger partial charge in [-0.2, -0.15) is 0 Å². The molecule has 0 aliphatic heterocycles. The van der Waals surface area contributed by atoms with E-state index in [0.717, 1.165) is 24.3 Å². The Morgan fingerprint density at radius 3 is 2.05 bits per heavy atom. The van der Waals surface area contributed by atoms with Gasteiger partial charge in [-0.3, -0.25) is 0 Å². The van der Waals surface area contributed by atoms with Crippen LogP contribution >= 0.6 is 11.8 Å². The van der Waals surface area contributed by atoms with Crippen molar-refractivity contribution in [2.45, 2.75) is 42.5 Å². The van der Waals surface area contributed by atoms with Gasteiger partial charge in [0, 0.05) is 15.8 Å². The summed E-state index contributed by atoms with van der Waals surface area (Å²) < 4.78 is 12.9. The molecule has 0 aromatic heterocycles. The van der Waals surface area contributed by atoms with Crippen LogP contribution in [-0.2, 0) is 0 Å². The molecule has 2 aromatic carbocycles. The first-order valence-corrected chi connectivity index (χ1v) is 8.31. The zero-order valence-electron chi connectivity index (χ0n) is 12.6. The van der Waals surface area contributed by atoms with Crippen molar-refractivity contribution >= 4 is 11.8 Å². The third kappa shape index (κ3) is 4.87. The summed E-state index contributed by atoms with van der Waals surface area (Å²) in [4.78, 5) is 2.23. The molecule has 0 fully saturated rings. The molecule has 112 valence electrons. The van der Waals surface area contributed by atoms with E-state index in [4.69, 9.17) is 0 Å². The molecule has 3 heteroatoms. The molecule has 1 N–H and O–H groups in total. The Morgan fingerprint density at radius 1 is 0.952 bits per heavy atom. The number of nitrogens with one attached hydrogen (secondary N) is 1. The van der Waals surface area contributed by atoms with E-state index >= 15 is 0 Å². The predicted molar refractivity (Wildman–Crippen MR) is 88.3 cm³/mol. The molecule has 1 nitrogen and oxygen atoms in total. The quantitative estimate of drug-likeness (QED) is 0.732. The van der Waals surface area contributed by atoms with Gasteiger partial charge in [-0.1, -0.05) is 37.7 Å². The lowest BCUT2D eigenvalue weighted by Crippen LogP contribution is -2.21. The second-order valence-electron chi connectivity index (χ2n) is 5.04. The van der Waals surface area contributed by atoms with Gasteiger partial charge in [0.2, 0.25) is 0 Å². The molecule has 0 spiro atoms. The van der Waals surface area contributed by atoms with Gasteiger partial charge in [-0.15, -0.1) is 0 Å². The van der Waals surface area contributed by atoms with Crippen LogP contribution in [0.15, 0.2) is 58.3 Å². The van der Waals surface area contributed by atoms with Gasteiger partial charge < -0.3 is 5.32 Å². The van der Waals surface area contributed by atoms with E-state index in [-0.39, 0.29) is 5.82 Å². The number of halogens is 1. The zero-order valence-corrected chi connectivity index (χ0v) is 13.4. The highest BCUT2D eigenvalue weighted by atomic mass is 32.2. The molecule has 0 amide bonds. The maximum atomic E-state index is 12.9. The fourth-order valence-corrected chi connectivity index (χ4v) is 3.04. The van der Waals surface area contributed by atoms with E-state index in [1.165, 1.54) is 22.6 Å². The summed E-state index contributed by atoms with van der Waals surface area (Å²) in [6.45, 7) is 5.43. The van der Waals surface area contributed by atoms with Crippen LogP contribution in [0.25, 0.3) is 0 Å². The van der Waals surface area contributed by atoms with E-state index in [2.05, 4.69) is 43.4 Å². The van der Waals surface area contributed by atoms with Crippen LogP contribution in [0.4, 0.5) is 4.39 Å². The van der Waals surface area contributed by atoms with Crippen molar-refractivity contribution in [1.82, 2.24) is 5.32 Å². The Morgan fingerprint density at radius 2 is 1.52 bits per heavy atom. The number of hydrogen-bond donors (Lipinski definition) is 1. The summed E-state index contributed by atoms with van der Waals surface area (Å²) in [5, 5.41) is 3.56. The van der Waals surface area contributed by atoms with Crippen LogP contribution in [0.1, 0.15) is 38.3 Å². The summed E-state index contributed by atoms with van der Waals surface area (Å²) in [5.41, 5.74) is 1.33. The summed E-state index contributed by atoms with van der Waals surface area (Å²) in [6, 6.07) is 15.7. The largest absolute Gasteiger partial charge is 0.310 e. The second kappa shape index (κ2) is 8.20. The minimum atomic E-state index is -0.192. The summed E-state index contributed by atoms with van der Waals surface area (Å²) in [7, 11) is 0. The van der Waals surface area contributed by atoms with Crippen molar-refractivity contribution in [3.05, 3.63) is 59.9 Å². The lowest BCUT2D eigenvalue weighted by molar-refractivity contribution is 0.518. The lowest BCUT2D eigenvalue weighted by atomic mass is 10.0. The van der Waals surface area contributed by atoms with Crippen LogP contribution in [0.3, 0.4) is 0 Å². The maximum absolute atomic E-state index is 12.9. The summed E-state index contributed by atoms with van der Waals surface area (Å²) >= 11 is 1.66. The second-order valence-corrected chi connectivity index (χ2v) is 6.19. The molecule has 0 radical (unpaired) electrons. The van der Waals surface area contributed by atoms with E-state index in [1.807, 2.05) is 12.1 Å². The van der Waals surface area contributed by atoms with Crippen molar-refractivity contribution in [3.63, 3.8) is 0 Å². The molecule has 1 atom stereocenters. The van der Waals surface area contributed by atoms with Crippen LogP contribution in [0.5, 0.6) is 0 Å². The fourth-order valence-electron chi connectivity index (χ4n) is 2.22. The van der Waals surface area contributed by atoms with Crippen LogP contribution in [0, 0.1) is 5.82 Å². The van der Waals surface area contributed by atoms with Crippen molar-refractivity contribution in [2.75, 3.05) is 6.54 Å². The van der Waals surface area contributed by atoms with E-state index < -0.39 is 0 Å². The smallest absolute Gasteiger partial charge is 0.123 e. The van der Waals surface area contributed by atoms with Crippen LogP contribution < -0.4 is 5.32 Å². The van der Waals surface area contributed by atoms with Gasteiger partial charge in [-0.25, -0.2) is 4.39 Å². The number of hydrogen-bond acceptors (Lipinski definition) is 2. The number of rotatable bonds is 7. The highest BCUT2D eigenvalue weighted by Gasteiger charge is 2.08. The van der Waals surface area contributed by atoms with E-state index in [0.29, 0.717) is 6.04 Å². The standard InChI is InChI=1S/C18H22FNS/c1-3-13-20-18(4-2)14-5-9-16(10-6-14)21-17-11-7-15(19)8-12-17/h5-12,18,20H,3-4,13H2,1-2H3. The van der Waals surface area contributed by atoms with Gasteiger partial charge in [-0.05, 0) is 61.3 Å². The SMILES string of the molecule is CCCNC(CC)c1ccc(Sc2ccc(F)cc2)cc1. The van der Waals surface area contributed by atoms with Crippen LogP contribution in [0.2, 0.25) is 0 Å². The average Bonchev–Trinajstić information content (AvgIpc) is 2.52. The monoisotopic (exact) mass is 303 g/mol. The molecule has 0 aliphatic rings. The first-order chi connectivity index (χ1) is 10.2. The summed E-state index contributed by atoms with van der Waals surface area (Å²) in [5.74, 6) is -0.192. The van der Waals surface area contributed by atoms with E-state index in [9.17, 15) is 4.39 Å². The topological polar surface area (TPSA) is 12.0 Å².